The molecule has 0 unspecified atom stereocenters. The number of aromatic nitrogens is 4. The lowest BCUT2D eigenvalue weighted by molar-refractivity contribution is -0.0386. The first-order valence-electron chi connectivity index (χ1n) is 15.0. The van der Waals surface area contributed by atoms with Gasteiger partial charge < -0.3 is 24.9 Å². The van der Waals surface area contributed by atoms with Crippen molar-refractivity contribution in [1.29, 1.82) is 0 Å². The maximum absolute atomic E-state index is 13.4. The van der Waals surface area contributed by atoms with Crippen molar-refractivity contribution >= 4 is 5.91 Å². The van der Waals surface area contributed by atoms with Crippen LogP contribution in [0.15, 0.2) is 49.1 Å². The van der Waals surface area contributed by atoms with Gasteiger partial charge in [0.15, 0.2) is 0 Å². The van der Waals surface area contributed by atoms with E-state index in [1.54, 1.807) is 29.7 Å². The Kier molecular flexibility index (Phi) is 8.05. The fourth-order valence-corrected chi connectivity index (χ4v) is 7.06. The predicted octanol–water partition coefficient (Wildman–Crippen LogP) is 3.96. The second kappa shape index (κ2) is 11.8. The average Bonchev–Trinajstić information content (AvgIpc) is 3.74. The number of hydrogen-bond acceptors (Lipinski definition) is 6. The molecule has 1 saturated carbocycles. The summed E-state index contributed by atoms with van der Waals surface area (Å²) < 4.78 is 0. The number of piperidine rings is 1. The van der Waals surface area contributed by atoms with Crippen LogP contribution in [-0.4, -0.2) is 84.0 Å². The number of amides is 1. The summed E-state index contributed by atoms with van der Waals surface area (Å²) in [7, 11) is 0. The highest BCUT2D eigenvalue weighted by Gasteiger charge is 2.42. The number of carbonyl (C=O) groups is 1. The lowest BCUT2D eigenvalue weighted by Crippen LogP contribution is -2.49. The summed E-state index contributed by atoms with van der Waals surface area (Å²) in [5.74, 6) is 1.45. The van der Waals surface area contributed by atoms with Crippen molar-refractivity contribution in [3.8, 4) is 0 Å². The lowest BCUT2D eigenvalue weighted by Gasteiger charge is -2.43. The van der Waals surface area contributed by atoms with E-state index in [9.17, 15) is 9.90 Å². The summed E-state index contributed by atoms with van der Waals surface area (Å²) in [5, 5.41) is 11.0. The van der Waals surface area contributed by atoms with E-state index < -0.39 is 5.60 Å². The zero-order valence-electron chi connectivity index (χ0n) is 23.5. The van der Waals surface area contributed by atoms with Crippen molar-refractivity contribution in [2.75, 3.05) is 32.7 Å². The van der Waals surface area contributed by atoms with Gasteiger partial charge >= 0.3 is 0 Å². The molecular formula is C31H43N7O2. The van der Waals surface area contributed by atoms with Gasteiger partial charge in [-0.1, -0.05) is 31.4 Å². The number of aliphatic hydroxyl groups is 1. The van der Waals surface area contributed by atoms with E-state index in [0.717, 1.165) is 63.8 Å². The number of aromatic amines is 2. The Bertz CT molecular complexity index is 1170. The molecule has 1 amide bonds. The highest BCUT2D eigenvalue weighted by Crippen LogP contribution is 2.41. The topological polar surface area (TPSA) is 104 Å². The molecule has 2 aromatic heterocycles. The fraction of sp³-hybridized carbons (Fsp3) is 0.581. The van der Waals surface area contributed by atoms with Gasteiger partial charge in [0.25, 0.3) is 5.91 Å². The molecule has 3 aliphatic rings. The molecule has 0 radical (unpaired) electrons. The summed E-state index contributed by atoms with van der Waals surface area (Å²) in [6, 6.07) is 8.11. The quantitative estimate of drug-likeness (QED) is 0.376. The minimum atomic E-state index is -0.452. The summed E-state index contributed by atoms with van der Waals surface area (Å²) in [6.45, 7) is 7.05. The maximum Gasteiger partial charge on any atom is 0.254 e. The minimum Gasteiger partial charge on any atom is -0.389 e. The van der Waals surface area contributed by atoms with Crippen LogP contribution in [-0.2, 0) is 19.6 Å². The van der Waals surface area contributed by atoms with Crippen LogP contribution in [0, 0.1) is 5.41 Å². The van der Waals surface area contributed by atoms with Crippen molar-refractivity contribution in [3.63, 3.8) is 0 Å². The van der Waals surface area contributed by atoms with Gasteiger partial charge in [0.2, 0.25) is 0 Å². The minimum absolute atomic E-state index is 0.0379. The van der Waals surface area contributed by atoms with Crippen molar-refractivity contribution in [2.45, 2.75) is 76.6 Å². The van der Waals surface area contributed by atoms with Crippen molar-refractivity contribution < 1.29 is 9.90 Å². The number of likely N-dealkylation sites (tertiary alicyclic amines) is 2. The SMILES string of the molecule is O=C(c1ccc(CN2CCC3(CCN(CC4(O)CCCCC4)CC3)C2)cc1)N(Cc1ncc[nH]1)Cc1ncc[nH]1. The number of nitrogens with zero attached hydrogens (tertiary/aromatic N) is 5. The molecule has 2 saturated heterocycles. The summed E-state index contributed by atoms with van der Waals surface area (Å²) in [4.78, 5) is 35.1. The second-order valence-electron chi connectivity index (χ2n) is 12.5. The average molecular weight is 546 g/mol. The maximum atomic E-state index is 13.4. The normalized spacial score (nSPS) is 21.1. The number of hydrogen-bond donors (Lipinski definition) is 3. The largest absolute Gasteiger partial charge is 0.389 e. The van der Waals surface area contributed by atoms with Crippen LogP contribution in [0.5, 0.6) is 0 Å². The van der Waals surface area contributed by atoms with Crippen LogP contribution in [0.25, 0.3) is 0 Å². The molecule has 4 heterocycles. The Morgan fingerprint density at radius 1 is 0.850 bits per heavy atom. The van der Waals surface area contributed by atoms with Gasteiger partial charge in [-0.15, -0.1) is 0 Å². The molecule has 0 bridgehead atoms. The molecule has 2 aliphatic heterocycles. The Labute approximate surface area is 237 Å². The van der Waals surface area contributed by atoms with E-state index in [0.29, 0.717) is 24.1 Å². The summed E-state index contributed by atoms with van der Waals surface area (Å²) in [6.07, 6.45) is 16.2. The first-order chi connectivity index (χ1) is 19.5. The van der Waals surface area contributed by atoms with Crippen LogP contribution >= 0.6 is 0 Å². The van der Waals surface area contributed by atoms with Gasteiger partial charge in [0, 0.05) is 50.0 Å². The van der Waals surface area contributed by atoms with E-state index in [4.69, 9.17) is 0 Å². The van der Waals surface area contributed by atoms with Gasteiger partial charge in [-0.05, 0) is 74.8 Å². The lowest BCUT2D eigenvalue weighted by atomic mass is 9.77. The monoisotopic (exact) mass is 545 g/mol. The van der Waals surface area contributed by atoms with Gasteiger partial charge in [-0.2, -0.15) is 0 Å². The second-order valence-corrected chi connectivity index (χ2v) is 12.5. The molecule has 1 aliphatic carbocycles. The fourth-order valence-electron chi connectivity index (χ4n) is 7.06. The number of carbonyl (C=O) groups excluding carboxylic acids is 1. The van der Waals surface area contributed by atoms with Crippen LogP contribution in [0.4, 0.5) is 0 Å². The number of β-amino-alcohol motifs (C(OH)–C–C–N with tert-alkyl or cyclic N) is 1. The van der Waals surface area contributed by atoms with Crippen LogP contribution in [0.3, 0.4) is 0 Å². The highest BCUT2D eigenvalue weighted by molar-refractivity contribution is 5.94. The molecule has 3 fully saturated rings. The molecular weight excluding hydrogens is 502 g/mol. The molecule has 3 N–H and O–H groups in total. The summed E-state index contributed by atoms with van der Waals surface area (Å²) >= 11 is 0. The van der Waals surface area contributed by atoms with Crippen molar-refractivity contribution in [3.05, 3.63) is 71.8 Å². The Balaban J connectivity index is 1.02. The number of imidazole rings is 2. The zero-order valence-corrected chi connectivity index (χ0v) is 23.5. The van der Waals surface area contributed by atoms with Crippen LogP contribution in [0.2, 0.25) is 0 Å². The predicted molar refractivity (Wildman–Crippen MR) is 153 cm³/mol. The molecule has 3 aromatic rings. The number of benzene rings is 1. The Morgan fingerprint density at radius 2 is 1.45 bits per heavy atom. The number of H-pyrrole nitrogens is 2. The van der Waals surface area contributed by atoms with Crippen LogP contribution < -0.4 is 0 Å². The van der Waals surface area contributed by atoms with Gasteiger partial charge in [0.05, 0.1) is 18.7 Å². The first kappa shape index (κ1) is 27.2. The zero-order chi connectivity index (χ0) is 27.4. The smallest absolute Gasteiger partial charge is 0.254 e. The van der Waals surface area contributed by atoms with E-state index >= 15 is 0 Å². The molecule has 1 aromatic carbocycles. The molecule has 6 rings (SSSR count). The van der Waals surface area contributed by atoms with Gasteiger partial charge in [-0.3, -0.25) is 9.69 Å². The third kappa shape index (κ3) is 6.48. The third-order valence-corrected chi connectivity index (χ3v) is 9.42. The standard InChI is InChI=1S/C31H43N7O2/c39-29(38(21-27-32-13-14-33-27)22-28-34-15-16-35-28)26-6-4-25(5-7-26)20-37-19-12-30(23-37)10-17-36(18-11-30)24-31(40)8-2-1-3-9-31/h4-7,13-16,40H,1-3,8-12,17-24H2,(H,32,33)(H,34,35). The number of rotatable bonds is 9. The molecule has 9 heteroatoms. The van der Waals surface area contributed by atoms with E-state index in [2.05, 4.69) is 41.9 Å². The third-order valence-electron chi connectivity index (χ3n) is 9.42. The Hall–Kier alpha value is -3.01. The van der Waals surface area contributed by atoms with E-state index in [1.807, 2.05) is 12.1 Å². The molecule has 40 heavy (non-hydrogen) atoms. The highest BCUT2D eigenvalue weighted by atomic mass is 16.3. The molecule has 0 atom stereocenters. The summed E-state index contributed by atoms with van der Waals surface area (Å²) in [5.41, 5.74) is 1.88. The first-order valence-corrected chi connectivity index (χ1v) is 15.0. The van der Waals surface area contributed by atoms with Crippen molar-refractivity contribution in [2.24, 2.45) is 5.41 Å². The molecule has 1 spiro atoms. The van der Waals surface area contributed by atoms with Gasteiger partial charge in [-0.25, -0.2) is 9.97 Å². The number of nitrogens with one attached hydrogen (secondary N) is 2. The van der Waals surface area contributed by atoms with Crippen LogP contribution in [0.1, 0.15) is 78.9 Å². The molecule has 214 valence electrons. The Morgan fingerprint density at radius 3 is 2.02 bits per heavy atom. The van der Waals surface area contributed by atoms with E-state index in [1.165, 1.54) is 44.1 Å². The van der Waals surface area contributed by atoms with E-state index in [-0.39, 0.29) is 5.91 Å². The van der Waals surface area contributed by atoms with Gasteiger partial charge in [0.1, 0.15) is 11.6 Å². The van der Waals surface area contributed by atoms with Crippen molar-refractivity contribution in [1.82, 2.24) is 34.6 Å². The molecule has 9 nitrogen and oxygen atoms in total.